The van der Waals surface area contributed by atoms with Gasteiger partial charge in [0.2, 0.25) is 0 Å². The van der Waals surface area contributed by atoms with Crippen molar-refractivity contribution in [3.8, 4) is 0 Å². The number of hydrogen-bond donors (Lipinski definition) is 0. The van der Waals surface area contributed by atoms with Crippen molar-refractivity contribution in [1.29, 1.82) is 0 Å². The predicted octanol–water partition coefficient (Wildman–Crippen LogP) is 2.10. The summed E-state index contributed by atoms with van der Waals surface area (Å²) in [6.07, 6.45) is 2.90. The van der Waals surface area contributed by atoms with Gasteiger partial charge in [0.1, 0.15) is 0 Å². The Labute approximate surface area is 95.9 Å². The van der Waals surface area contributed by atoms with Crippen LogP contribution < -0.4 is 0 Å². The van der Waals surface area contributed by atoms with Crippen molar-refractivity contribution in [2.75, 3.05) is 26.6 Å². The molecule has 0 saturated heterocycles. The van der Waals surface area contributed by atoms with Crippen molar-refractivity contribution in [3.63, 3.8) is 0 Å². The highest BCUT2D eigenvalue weighted by atomic mass is 32.2. The van der Waals surface area contributed by atoms with Crippen LogP contribution in [-0.4, -0.2) is 37.8 Å². The Balaban J connectivity index is 2.22. The number of methoxy groups -OCH3 is 2. The minimum absolute atomic E-state index is 0.0764. The molecule has 1 unspecified atom stereocenters. The van der Waals surface area contributed by atoms with Gasteiger partial charge in [-0.2, -0.15) is 11.8 Å². The number of thioether (sulfide) groups is 1. The summed E-state index contributed by atoms with van der Waals surface area (Å²) in [5.74, 6) is 0.972. The molecule has 15 heavy (non-hydrogen) atoms. The second-order valence-electron chi connectivity index (χ2n) is 4.33. The zero-order chi connectivity index (χ0) is 11.3. The third-order valence-corrected chi connectivity index (χ3v) is 4.26. The molecule has 0 aliphatic heterocycles. The molecular formula is C11H20O3S. The second kappa shape index (κ2) is 5.75. The normalized spacial score (nSPS) is 19.7. The van der Waals surface area contributed by atoms with Crippen LogP contribution in [0.15, 0.2) is 0 Å². The number of hydrogen-bond acceptors (Lipinski definition) is 4. The first-order valence-electron chi connectivity index (χ1n) is 5.29. The first-order valence-corrected chi connectivity index (χ1v) is 6.34. The molecule has 0 amide bonds. The largest absolute Gasteiger partial charge is 0.469 e. The molecule has 0 heterocycles. The molecule has 0 spiro atoms. The lowest BCUT2D eigenvalue weighted by molar-refractivity contribution is -0.141. The summed E-state index contributed by atoms with van der Waals surface area (Å²) >= 11 is 1.89. The van der Waals surface area contributed by atoms with E-state index in [1.54, 1.807) is 7.11 Å². The molecule has 0 N–H and O–H groups in total. The van der Waals surface area contributed by atoms with Crippen LogP contribution in [-0.2, 0) is 14.3 Å². The van der Waals surface area contributed by atoms with Crippen LogP contribution in [0.3, 0.4) is 0 Å². The average molecular weight is 232 g/mol. The molecule has 3 nitrogen and oxygen atoms in total. The van der Waals surface area contributed by atoms with E-state index in [1.807, 2.05) is 11.8 Å². The van der Waals surface area contributed by atoms with Gasteiger partial charge in [-0.05, 0) is 24.0 Å². The Morgan fingerprint density at radius 2 is 2.13 bits per heavy atom. The summed E-state index contributed by atoms with van der Waals surface area (Å²) in [6.45, 7) is 2.93. The van der Waals surface area contributed by atoms with Crippen LogP contribution in [0.2, 0.25) is 0 Å². The van der Waals surface area contributed by atoms with Crippen molar-refractivity contribution in [3.05, 3.63) is 0 Å². The monoisotopic (exact) mass is 232 g/mol. The summed E-state index contributed by atoms with van der Waals surface area (Å²) in [7, 11) is 3.18. The summed E-state index contributed by atoms with van der Waals surface area (Å²) in [5, 5.41) is 0.505. The van der Waals surface area contributed by atoms with Crippen LogP contribution >= 0.6 is 11.8 Å². The van der Waals surface area contributed by atoms with Crippen molar-refractivity contribution < 1.29 is 14.3 Å². The summed E-state index contributed by atoms with van der Waals surface area (Å²) in [6, 6.07) is 0. The fourth-order valence-electron chi connectivity index (χ4n) is 1.53. The quantitative estimate of drug-likeness (QED) is 0.630. The van der Waals surface area contributed by atoms with Gasteiger partial charge in [0.15, 0.2) is 0 Å². The van der Waals surface area contributed by atoms with Gasteiger partial charge in [-0.15, -0.1) is 0 Å². The minimum Gasteiger partial charge on any atom is -0.469 e. The zero-order valence-corrected chi connectivity index (χ0v) is 10.6. The molecule has 0 aromatic rings. The lowest BCUT2D eigenvalue weighted by atomic mass is 10.1. The number of esters is 1. The van der Waals surface area contributed by atoms with E-state index in [2.05, 4.69) is 6.92 Å². The first-order chi connectivity index (χ1) is 7.12. The summed E-state index contributed by atoms with van der Waals surface area (Å²) in [5.41, 5.74) is 0.236. The number of rotatable bonds is 7. The van der Waals surface area contributed by atoms with E-state index in [9.17, 15) is 4.79 Å². The van der Waals surface area contributed by atoms with E-state index in [0.717, 1.165) is 25.2 Å². The number of carbonyl (C=O) groups is 1. The van der Waals surface area contributed by atoms with E-state index >= 15 is 0 Å². The lowest BCUT2D eigenvalue weighted by Crippen LogP contribution is -2.16. The standard InChI is InChI=1S/C11H20O3S/c1-9(7-13-2)15-8-11(4-5-11)6-10(12)14-3/h9H,4-8H2,1-3H3. The molecule has 0 bridgehead atoms. The number of ether oxygens (including phenoxy) is 2. The minimum atomic E-state index is -0.0764. The highest BCUT2D eigenvalue weighted by Gasteiger charge is 2.44. The Bertz CT molecular complexity index is 214. The third kappa shape index (κ3) is 4.43. The van der Waals surface area contributed by atoms with Gasteiger partial charge in [-0.3, -0.25) is 4.79 Å². The average Bonchev–Trinajstić information content (AvgIpc) is 2.96. The molecular weight excluding hydrogens is 212 g/mol. The van der Waals surface area contributed by atoms with Crippen molar-refractivity contribution >= 4 is 17.7 Å². The molecule has 1 saturated carbocycles. The molecule has 0 aromatic carbocycles. The Morgan fingerprint density at radius 1 is 1.47 bits per heavy atom. The van der Waals surface area contributed by atoms with E-state index in [-0.39, 0.29) is 11.4 Å². The van der Waals surface area contributed by atoms with Gasteiger partial charge in [-0.1, -0.05) is 6.92 Å². The highest BCUT2D eigenvalue weighted by Crippen LogP contribution is 2.51. The van der Waals surface area contributed by atoms with E-state index in [4.69, 9.17) is 9.47 Å². The maximum atomic E-state index is 11.2. The molecule has 1 fully saturated rings. The fraction of sp³-hybridized carbons (Fsp3) is 0.909. The van der Waals surface area contributed by atoms with Gasteiger partial charge in [-0.25, -0.2) is 0 Å². The SMILES string of the molecule is COCC(C)SCC1(CC(=O)OC)CC1. The van der Waals surface area contributed by atoms with Crippen LogP contribution in [0, 0.1) is 5.41 Å². The van der Waals surface area contributed by atoms with Gasteiger partial charge in [0.05, 0.1) is 20.1 Å². The topological polar surface area (TPSA) is 35.5 Å². The zero-order valence-electron chi connectivity index (χ0n) is 9.75. The maximum Gasteiger partial charge on any atom is 0.306 e. The Kier molecular flexibility index (Phi) is 4.93. The van der Waals surface area contributed by atoms with Gasteiger partial charge in [0.25, 0.3) is 0 Å². The molecule has 4 heteroatoms. The summed E-state index contributed by atoms with van der Waals surface area (Å²) in [4.78, 5) is 11.2. The molecule has 1 atom stereocenters. The molecule has 1 aliphatic rings. The first kappa shape index (κ1) is 12.8. The van der Waals surface area contributed by atoms with Crippen molar-refractivity contribution in [1.82, 2.24) is 0 Å². The second-order valence-corrected chi connectivity index (χ2v) is 5.76. The van der Waals surface area contributed by atoms with Gasteiger partial charge < -0.3 is 9.47 Å². The van der Waals surface area contributed by atoms with Crippen molar-refractivity contribution in [2.24, 2.45) is 5.41 Å². The molecule has 1 aliphatic carbocycles. The fourth-order valence-corrected chi connectivity index (χ4v) is 2.79. The Hall–Kier alpha value is -0.220. The molecule has 0 radical (unpaired) electrons. The van der Waals surface area contributed by atoms with Crippen LogP contribution in [0.5, 0.6) is 0 Å². The van der Waals surface area contributed by atoms with Gasteiger partial charge >= 0.3 is 5.97 Å². The molecule has 0 aromatic heterocycles. The van der Waals surface area contributed by atoms with E-state index in [1.165, 1.54) is 7.11 Å². The lowest BCUT2D eigenvalue weighted by Gasteiger charge is -2.16. The summed E-state index contributed by atoms with van der Waals surface area (Å²) < 4.78 is 9.79. The molecule has 88 valence electrons. The van der Waals surface area contributed by atoms with Crippen molar-refractivity contribution in [2.45, 2.75) is 31.4 Å². The third-order valence-electron chi connectivity index (χ3n) is 2.78. The van der Waals surface area contributed by atoms with Crippen LogP contribution in [0.25, 0.3) is 0 Å². The van der Waals surface area contributed by atoms with E-state index in [0.29, 0.717) is 11.7 Å². The highest BCUT2D eigenvalue weighted by molar-refractivity contribution is 7.99. The molecule has 1 rings (SSSR count). The number of carbonyl (C=O) groups excluding carboxylic acids is 1. The van der Waals surface area contributed by atoms with Gasteiger partial charge in [0, 0.05) is 12.4 Å². The Morgan fingerprint density at radius 3 is 2.60 bits per heavy atom. The van der Waals surface area contributed by atoms with E-state index < -0.39 is 0 Å². The smallest absolute Gasteiger partial charge is 0.306 e. The maximum absolute atomic E-state index is 11.2. The van der Waals surface area contributed by atoms with Crippen LogP contribution in [0.1, 0.15) is 26.2 Å². The van der Waals surface area contributed by atoms with Crippen LogP contribution in [0.4, 0.5) is 0 Å². The predicted molar refractivity (Wildman–Crippen MR) is 62.1 cm³/mol.